The van der Waals surface area contributed by atoms with Gasteiger partial charge >= 0.3 is 0 Å². The molecule has 1 saturated carbocycles. The summed E-state index contributed by atoms with van der Waals surface area (Å²) in [5.41, 5.74) is 3.36. The van der Waals surface area contributed by atoms with Crippen molar-refractivity contribution in [2.45, 2.75) is 68.9 Å². The summed E-state index contributed by atoms with van der Waals surface area (Å²) < 4.78 is 6.20. The predicted molar refractivity (Wildman–Crippen MR) is 85.7 cm³/mol. The Morgan fingerprint density at radius 3 is 2.86 bits per heavy atom. The molecule has 1 aromatic rings. The van der Waals surface area contributed by atoms with E-state index in [0.29, 0.717) is 6.04 Å². The summed E-state index contributed by atoms with van der Waals surface area (Å²) in [7, 11) is 0. The lowest BCUT2D eigenvalue weighted by Crippen LogP contribution is -2.49. The van der Waals surface area contributed by atoms with Gasteiger partial charge in [-0.25, -0.2) is 0 Å². The van der Waals surface area contributed by atoms with E-state index in [1.165, 1.54) is 51.4 Å². The van der Waals surface area contributed by atoms with Crippen molar-refractivity contribution in [2.75, 3.05) is 13.2 Å². The van der Waals surface area contributed by atoms with Crippen LogP contribution in [0.2, 0.25) is 0 Å². The second kappa shape index (κ2) is 5.73. The van der Waals surface area contributed by atoms with Crippen LogP contribution in [-0.4, -0.2) is 24.8 Å². The lowest BCUT2D eigenvalue weighted by molar-refractivity contribution is -0.109. The van der Waals surface area contributed by atoms with E-state index in [9.17, 15) is 0 Å². The van der Waals surface area contributed by atoms with E-state index in [4.69, 9.17) is 4.74 Å². The Morgan fingerprint density at radius 2 is 2.00 bits per heavy atom. The van der Waals surface area contributed by atoms with E-state index in [0.717, 1.165) is 19.1 Å². The van der Waals surface area contributed by atoms with Crippen LogP contribution in [-0.2, 0) is 11.2 Å². The summed E-state index contributed by atoms with van der Waals surface area (Å²) >= 11 is 0. The average Bonchev–Trinajstić information content (AvgIpc) is 2.49. The van der Waals surface area contributed by atoms with Crippen molar-refractivity contribution < 1.29 is 4.74 Å². The zero-order chi connectivity index (χ0) is 14.1. The van der Waals surface area contributed by atoms with Gasteiger partial charge in [0.05, 0.1) is 5.60 Å². The molecule has 0 amide bonds. The fourth-order valence-corrected chi connectivity index (χ4v) is 4.60. The van der Waals surface area contributed by atoms with Gasteiger partial charge in [0.25, 0.3) is 0 Å². The number of nitrogens with one attached hydrogen (secondary N) is 1. The Morgan fingerprint density at radius 1 is 1.14 bits per heavy atom. The van der Waals surface area contributed by atoms with Gasteiger partial charge in [0.15, 0.2) is 0 Å². The van der Waals surface area contributed by atoms with Gasteiger partial charge in [-0.05, 0) is 43.2 Å². The fraction of sp³-hybridized carbons (Fsp3) is 0.684. The third-order valence-corrected chi connectivity index (χ3v) is 5.87. The molecule has 0 aromatic heterocycles. The highest BCUT2D eigenvalue weighted by Crippen LogP contribution is 2.39. The fourth-order valence-electron chi connectivity index (χ4n) is 4.60. The number of fused-ring (bicyclic) bond motifs is 1. The normalized spacial score (nSPS) is 30.7. The topological polar surface area (TPSA) is 21.3 Å². The van der Waals surface area contributed by atoms with Crippen LogP contribution in [0.3, 0.4) is 0 Å². The Hall–Kier alpha value is -0.860. The number of hydrogen-bond donors (Lipinski definition) is 1. The summed E-state index contributed by atoms with van der Waals surface area (Å²) in [6, 6.07) is 9.59. The molecule has 0 bridgehead atoms. The highest BCUT2D eigenvalue weighted by atomic mass is 16.5. The smallest absolute Gasteiger partial charge is 0.0697 e. The monoisotopic (exact) mass is 285 g/mol. The van der Waals surface area contributed by atoms with Gasteiger partial charge in [-0.3, -0.25) is 0 Å². The third-order valence-electron chi connectivity index (χ3n) is 5.87. The minimum Gasteiger partial charge on any atom is -0.375 e. The van der Waals surface area contributed by atoms with Crippen molar-refractivity contribution in [3.05, 3.63) is 35.4 Å². The van der Waals surface area contributed by atoms with Crippen molar-refractivity contribution in [3.8, 4) is 0 Å². The lowest BCUT2D eigenvalue weighted by Gasteiger charge is -2.44. The van der Waals surface area contributed by atoms with Crippen molar-refractivity contribution in [3.63, 3.8) is 0 Å². The van der Waals surface area contributed by atoms with Gasteiger partial charge in [0.2, 0.25) is 0 Å². The molecule has 1 spiro atoms. The molecule has 114 valence electrons. The van der Waals surface area contributed by atoms with Gasteiger partial charge in [-0.15, -0.1) is 0 Å². The summed E-state index contributed by atoms with van der Waals surface area (Å²) in [4.78, 5) is 0. The molecule has 2 nitrogen and oxygen atoms in total. The lowest BCUT2D eigenvalue weighted by atomic mass is 9.76. The first-order chi connectivity index (χ1) is 10.3. The quantitative estimate of drug-likeness (QED) is 0.912. The van der Waals surface area contributed by atoms with Crippen LogP contribution in [0.4, 0.5) is 0 Å². The highest BCUT2D eigenvalue weighted by molar-refractivity contribution is 5.40. The Bertz CT molecular complexity index is 487. The average molecular weight is 285 g/mol. The summed E-state index contributed by atoms with van der Waals surface area (Å²) in [5.74, 6) is 0.742. The molecule has 2 unspecified atom stereocenters. The maximum Gasteiger partial charge on any atom is 0.0697 e. The molecule has 21 heavy (non-hydrogen) atoms. The van der Waals surface area contributed by atoms with Gasteiger partial charge in [0, 0.05) is 25.1 Å². The SMILES string of the molecule is c1ccc2c(c1)CC2CNC1CCOC2(CCCCC2)C1. The molecule has 1 heterocycles. The van der Waals surface area contributed by atoms with Gasteiger partial charge < -0.3 is 10.1 Å². The first-order valence-corrected chi connectivity index (χ1v) is 8.80. The zero-order valence-corrected chi connectivity index (χ0v) is 12.9. The van der Waals surface area contributed by atoms with Crippen molar-refractivity contribution >= 4 is 0 Å². The molecular formula is C19H27NO. The molecule has 2 fully saturated rings. The minimum atomic E-state index is 0.228. The van der Waals surface area contributed by atoms with Crippen LogP contribution in [0.15, 0.2) is 24.3 Å². The van der Waals surface area contributed by atoms with Crippen LogP contribution >= 0.6 is 0 Å². The van der Waals surface area contributed by atoms with Gasteiger partial charge in [-0.1, -0.05) is 43.5 Å². The highest BCUT2D eigenvalue weighted by Gasteiger charge is 2.38. The number of benzene rings is 1. The molecule has 1 aromatic carbocycles. The van der Waals surface area contributed by atoms with E-state index in [1.807, 2.05) is 0 Å². The molecule has 1 saturated heterocycles. The van der Waals surface area contributed by atoms with E-state index in [1.54, 1.807) is 11.1 Å². The van der Waals surface area contributed by atoms with Gasteiger partial charge in [0.1, 0.15) is 0 Å². The maximum atomic E-state index is 6.20. The molecule has 0 radical (unpaired) electrons. The van der Waals surface area contributed by atoms with Crippen LogP contribution in [0.1, 0.15) is 62.0 Å². The number of hydrogen-bond acceptors (Lipinski definition) is 2. The Kier molecular flexibility index (Phi) is 3.76. The predicted octanol–water partition coefficient (Wildman–Crippen LogP) is 3.80. The molecule has 1 aliphatic heterocycles. The van der Waals surface area contributed by atoms with Crippen molar-refractivity contribution in [1.82, 2.24) is 5.32 Å². The zero-order valence-electron chi connectivity index (χ0n) is 12.9. The van der Waals surface area contributed by atoms with Gasteiger partial charge in [-0.2, -0.15) is 0 Å². The summed E-state index contributed by atoms with van der Waals surface area (Å²) in [6.45, 7) is 2.11. The van der Waals surface area contributed by atoms with Crippen LogP contribution in [0.25, 0.3) is 0 Å². The molecule has 2 aliphatic carbocycles. The van der Waals surface area contributed by atoms with E-state index >= 15 is 0 Å². The minimum absolute atomic E-state index is 0.228. The second-order valence-corrected chi connectivity index (χ2v) is 7.29. The molecule has 4 rings (SSSR count). The second-order valence-electron chi connectivity index (χ2n) is 7.29. The van der Waals surface area contributed by atoms with Crippen LogP contribution < -0.4 is 5.32 Å². The van der Waals surface area contributed by atoms with Crippen molar-refractivity contribution in [1.29, 1.82) is 0 Å². The third kappa shape index (κ3) is 2.76. The molecular weight excluding hydrogens is 258 g/mol. The maximum absolute atomic E-state index is 6.20. The number of ether oxygens (including phenoxy) is 1. The standard InChI is InChI=1S/C19H27NO/c1-4-9-19(10-5-1)13-17(8-11-21-19)20-14-16-12-15-6-2-3-7-18(15)16/h2-3,6-7,16-17,20H,1,4-5,8-14H2. The Labute approximate surface area is 128 Å². The van der Waals surface area contributed by atoms with Crippen LogP contribution in [0, 0.1) is 0 Å². The van der Waals surface area contributed by atoms with Crippen LogP contribution in [0.5, 0.6) is 0 Å². The van der Waals surface area contributed by atoms with E-state index < -0.39 is 0 Å². The van der Waals surface area contributed by atoms with E-state index in [2.05, 4.69) is 29.6 Å². The number of rotatable bonds is 3. The molecule has 2 atom stereocenters. The first kappa shape index (κ1) is 13.8. The molecule has 2 heteroatoms. The molecule has 1 N–H and O–H groups in total. The first-order valence-electron chi connectivity index (χ1n) is 8.80. The largest absolute Gasteiger partial charge is 0.375 e. The summed E-state index contributed by atoms with van der Waals surface area (Å²) in [5, 5.41) is 3.86. The summed E-state index contributed by atoms with van der Waals surface area (Å²) in [6.07, 6.45) is 10.4. The molecule has 3 aliphatic rings. The Balaban J connectivity index is 1.31. The van der Waals surface area contributed by atoms with E-state index in [-0.39, 0.29) is 5.60 Å². The van der Waals surface area contributed by atoms with Crippen molar-refractivity contribution in [2.24, 2.45) is 0 Å².